The highest BCUT2D eigenvalue weighted by atomic mass is 19.1. The fourth-order valence-electron chi connectivity index (χ4n) is 5.57. The molecule has 1 fully saturated rings. The van der Waals surface area contributed by atoms with Gasteiger partial charge in [0.05, 0.1) is 22.9 Å². The number of aromatic nitrogens is 1. The molecule has 0 saturated carbocycles. The molecule has 3 aliphatic rings. The number of rotatable bonds is 3. The largest absolute Gasteiger partial charge is 0.391 e. The maximum Gasteiger partial charge on any atom is 0.256 e. The van der Waals surface area contributed by atoms with Gasteiger partial charge in [-0.2, -0.15) is 0 Å². The van der Waals surface area contributed by atoms with Crippen LogP contribution in [0.3, 0.4) is 0 Å². The Morgan fingerprint density at radius 2 is 1.97 bits per heavy atom. The zero-order chi connectivity index (χ0) is 24.1. The number of fused-ring (bicyclic) bond motifs is 2. The van der Waals surface area contributed by atoms with Crippen molar-refractivity contribution in [1.82, 2.24) is 9.88 Å². The van der Waals surface area contributed by atoms with E-state index in [4.69, 9.17) is 0 Å². The molecule has 7 heteroatoms. The van der Waals surface area contributed by atoms with Crippen molar-refractivity contribution in [2.24, 2.45) is 0 Å². The minimum Gasteiger partial charge on any atom is -0.391 e. The molecule has 2 amide bonds. The molecule has 3 N–H and O–H groups in total. The highest BCUT2D eigenvalue weighted by Crippen LogP contribution is 2.41. The minimum atomic E-state index is -0.503. The van der Waals surface area contributed by atoms with Crippen LogP contribution in [0, 0.1) is 5.82 Å². The number of β-amino-alcohol motifs (C(OH)–C–C–N with tert-alkyl or cyclic N) is 1. The van der Waals surface area contributed by atoms with Crippen molar-refractivity contribution in [2.75, 3.05) is 18.4 Å². The second-order valence-corrected chi connectivity index (χ2v) is 9.52. The lowest BCUT2D eigenvalue weighted by atomic mass is 9.92. The number of H-pyrrole nitrogens is 1. The van der Waals surface area contributed by atoms with Gasteiger partial charge in [0.1, 0.15) is 5.82 Å². The summed E-state index contributed by atoms with van der Waals surface area (Å²) in [5.41, 5.74) is 6.52. The number of aliphatic hydroxyl groups excluding tert-OH is 1. The lowest BCUT2D eigenvalue weighted by Gasteiger charge is -2.18. The molecule has 6 rings (SSSR count). The maximum atomic E-state index is 14.0. The number of amides is 2. The second-order valence-electron chi connectivity index (χ2n) is 9.52. The van der Waals surface area contributed by atoms with Crippen LogP contribution in [0.5, 0.6) is 0 Å². The van der Waals surface area contributed by atoms with Crippen molar-refractivity contribution in [3.8, 4) is 11.1 Å². The Morgan fingerprint density at radius 3 is 2.77 bits per heavy atom. The number of nitrogens with zero attached hydrogens (tertiary/aromatic N) is 1. The monoisotopic (exact) mass is 471 g/mol. The van der Waals surface area contributed by atoms with E-state index in [0.717, 1.165) is 42.5 Å². The summed E-state index contributed by atoms with van der Waals surface area (Å²) in [6.07, 6.45) is 5.56. The molecule has 0 bridgehead atoms. The molecule has 6 nitrogen and oxygen atoms in total. The van der Waals surface area contributed by atoms with E-state index in [1.807, 2.05) is 24.3 Å². The third kappa shape index (κ3) is 3.76. The molecular weight excluding hydrogens is 445 g/mol. The summed E-state index contributed by atoms with van der Waals surface area (Å²) < 4.78 is 14.0. The molecule has 1 aromatic heterocycles. The number of carbonyl (C=O) groups is 2. The molecule has 1 saturated heterocycles. The lowest BCUT2D eigenvalue weighted by molar-refractivity contribution is -0.110. The van der Waals surface area contributed by atoms with E-state index in [2.05, 4.69) is 10.3 Å². The Bertz CT molecular complexity index is 1390. The fourth-order valence-corrected chi connectivity index (χ4v) is 5.57. The molecule has 1 unspecified atom stereocenters. The third-order valence-corrected chi connectivity index (χ3v) is 7.24. The zero-order valence-electron chi connectivity index (χ0n) is 19.2. The van der Waals surface area contributed by atoms with Crippen LogP contribution in [0.4, 0.5) is 10.1 Å². The van der Waals surface area contributed by atoms with Crippen LogP contribution in [0.15, 0.2) is 42.5 Å². The van der Waals surface area contributed by atoms with Crippen LogP contribution in [-0.4, -0.2) is 46.0 Å². The van der Waals surface area contributed by atoms with Gasteiger partial charge in [0, 0.05) is 30.0 Å². The summed E-state index contributed by atoms with van der Waals surface area (Å²) in [5.74, 6) is -0.711. The van der Waals surface area contributed by atoms with Crippen molar-refractivity contribution in [1.29, 1.82) is 0 Å². The van der Waals surface area contributed by atoms with E-state index in [1.54, 1.807) is 17.0 Å². The van der Waals surface area contributed by atoms with Crippen LogP contribution in [0.25, 0.3) is 22.8 Å². The number of hydrogen-bond acceptors (Lipinski definition) is 3. The molecule has 0 radical (unpaired) electrons. The number of hydrogen-bond donors (Lipinski definition) is 3. The van der Waals surface area contributed by atoms with Crippen LogP contribution in [0.1, 0.15) is 52.1 Å². The van der Waals surface area contributed by atoms with Crippen LogP contribution >= 0.6 is 0 Å². The average molecular weight is 472 g/mol. The van der Waals surface area contributed by atoms with Gasteiger partial charge in [-0.05, 0) is 73.1 Å². The number of anilines is 1. The maximum absolute atomic E-state index is 14.0. The van der Waals surface area contributed by atoms with Gasteiger partial charge in [-0.3, -0.25) is 9.59 Å². The summed E-state index contributed by atoms with van der Waals surface area (Å²) in [6.45, 7) is 0.838. The smallest absolute Gasteiger partial charge is 0.256 e. The summed E-state index contributed by atoms with van der Waals surface area (Å²) in [4.78, 5) is 31.8. The molecule has 35 heavy (non-hydrogen) atoms. The number of halogens is 1. The first-order valence-corrected chi connectivity index (χ1v) is 12.1. The Morgan fingerprint density at radius 1 is 1.14 bits per heavy atom. The molecule has 3 heterocycles. The van der Waals surface area contributed by atoms with Gasteiger partial charge in [0.15, 0.2) is 0 Å². The molecule has 1 aliphatic carbocycles. The van der Waals surface area contributed by atoms with Crippen molar-refractivity contribution in [3.63, 3.8) is 0 Å². The summed E-state index contributed by atoms with van der Waals surface area (Å²) in [5, 5.41) is 12.9. The highest BCUT2D eigenvalue weighted by molar-refractivity contribution is 6.36. The van der Waals surface area contributed by atoms with Gasteiger partial charge in [-0.15, -0.1) is 0 Å². The Kier molecular flexibility index (Phi) is 5.29. The fraction of sp³-hybridized carbons (Fsp3) is 0.286. The Hall–Kier alpha value is -3.71. The number of aliphatic hydroxyl groups is 1. The SMILES string of the molecule is O=C1Nc2cccc(-c3cccc(F)c3)c2C1=Cc1[nH]c2c(c1C(=O)N1CCC(O)C1)CCCC2. The number of likely N-dealkylation sites (tertiary alicyclic amines) is 1. The Balaban J connectivity index is 1.50. The summed E-state index contributed by atoms with van der Waals surface area (Å²) >= 11 is 0. The number of carbonyl (C=O) groups excluding carboxylic acids is 2. The quantitative estimate of drug-likeness (QED) is 0.495. The van der Waals surface area contributed by atoms with E-state index in [9.17, 15) is 19.1 Å². The second kappa shape index (κ2) is 8.50. The standard InChI is InChI=1S/C28H26FN3O3/c29-17-6-3-5-16(13-17)19-8-4-10-23-25(19)21(27(34)31-23)14-24-26(20-7-1-2-9-22(20)30-24)28(35)32-12-11-18(33)15-32/h3-6,8,10,13-14,18,30,33H,1-2,7,9,11-12,15H2,(H,31,34). The minimum absolute atomic E-state index is 0.107. The predicted molar refractivity (Wildman–Crippen MR) is 132 cm³/mol. The third-order valence-electron chi connectivity index (χ3n) is 7.24. The van der Waals surface area contributed by atoms with Gasteiger partial charge >= 0.3 is 0 Å². The van der Waals surface area contributed by atoms with Crippen molar-refractivity contribution in [3.05, 3.63) is 76.4 Å². The first-order chi connectivity index (χ1) is 17.0. The topological polar surface area (TPSA) is 85.4 Å². The number of aryl methyl sites for hydroxylation is 1. The Labute approximate surface area is 202 Å². The predicted octanol–water partition coefficient (Wildman–Crippen LogP) is 4.40. The van der Waals surface area contributed by atoms with E-state index in [0.29, 0.717) is 53.2 Å². The summed E-state index contributed by atoms with van der Waals surface area (Å²) in [6, 6.07) is 11.9. The van der Waals surface area contributed by atoms with Crippen molar-refractivity contribution >= 4 is 29.2 Å². The summed E-state index contributed by atoms with van der Waals surface area (Å²) in [7, 11) is 0. The van der Waals surface area contributed by atoms with E-state index in [1.165, 1.54) is 12.1 Å². The van der Waals surface area contributed by atoms with Crippen LogP contribution in [-0.2, 0) is 17.6 Å². The van der Waals surface area contributed by atoms with E-state index >= 15 is 0 Å². The molecule has 1 atom stereocenters. The lowest BCUT2D eigenvalue weighted by Crippen LogP contribution is -2.30. The van der Waals surface area contributed by atoms with Crippen molar-refractivity contribution in [2.45, 2.75) is 38.2 Å². The van der Waals surface area contributed by atoms with E-state index in [-0.39, 0.29) is 17.6 Å². The van der Waals surface area contributed by atoms with Gasteiger partial charge in [0.2, 0.25) is 0 Å². The first-order valence-electron chi connectivity index (χ1n) is 12.1. The molecular formula is C28H26FN3O3. The molecule has 178 valence electrons. The molecule has 3 aromatic rings. The first kappa shape index (κ1) is 21.8. The van der Waals surface area contributed by atoms with Crippen LogP contribution in [0.2, 0.25) is 0 Å². The average Bonchev–Trinajstić information content (AvgIpc) is 3.54. The molecule has 2 aromatic carbocycles. The molecule has 0 spiro atoms. The van der Waals surface area contributed by atoms with Crippen LogP contribution < -0.4 is 5.32 Å². The molecule has 2 aliphatic heterocycles. The number of aromatic amines is 1. The zero-order valence-corrected chi connectivity index (χ0v) is 19.2. The number of benzene rings is 2. The van der Waals surface area contributed by atoms with Gasteiger partial charge < -0.3 is 20.3 Å². The van der Waals surface area contributed by atoms with E-state index < -0.39 is 6.10 Å². The highest BCUT2D eigenvalue weighted by Gasteiger charge is 2.33. The van der Waals surface area contributed by atoms with Gasteiger partial charge in [-0.1, -0.05) is 24.3 Å². The van der Waals surface area contributed by atoms with Crippen molar-refractivity contribution < 1.29 is 19.1 Å². The normalized spacial score (nSPS) is 20.2. The van der Waals surface area contributed by atoms with Gasteiger partial charge in [0.25, 0.3) is 11.8 Å². The van der Waals surface area contributed by atoms with Gasteiger partial charge in [-0.25, -0.2) is 4.39 Å². The number of nitrogens with one attached hydrogen (secondary N) is 2.